The number of hydrogen-bond donors (Lipinski definition) is 3. The van der Waals surface area contributed by atoms with Gasteiger partial charge in [0.25, 0.3) is 0 Å². The number of nitrogens with one attached hydrogen (secondary N) is 2. The number of fused-ring (bicyclic) bond motifs is 1. The zero-order valence-corrected chi connectivity index (χ0v) is 17.9. The lowest BCUT2D eigenvalue weighted by Gasteiger charge is -2.09. The molecule has 1 aromatic carbocycles. The van der Waals surface area contributed by atoms with Crippen LogP contribution in [0.15, 0.2) is 47.2 Å². The summed E-state index contributed by atoms with van der Waals surface area (Å²) in [7, 11) is 0. The number of allylic oxidation sites excluding steroid dienone is 3. The number of nitrogen functional groups attached to an aromatic ring is 1. The Balaban J connectivity index is 2.02. The quantitative estimate of drug-likeness (QED) is 0.213. The first-order chi connectivity index (χ1) is 13.9. The first-order valence-electron chi connectivity index (χ1n) is 8.70. The van der Waals surface area contributed by atoms with E-state index in [1.54, 1.807) is 18.3 Å². The number of ketones is 1. The van der Waals surface area contributed by atoms with Crippen molar-refractivity contribution in [3.05, 3.63) is 58.5 Å². The minimum absolute atomic E-state index is 0.229. The fourth-order valence-corrected chi connectivity index (χ4v) is 3.55. The Morgan fingerprint density at radius 1 is 1.45 bits per heavy atom. The maximum atomic E-state index is 13.1. The van der Waals surface area contributed by atoms with E-state index >= 15 is 0 Å². The highest BCUT2D eigenvalue weighted by Gasteiger charge is 2.21. The van der Waals surface area contributed by atoms with Crippen LogP contribution in [0.4, 0.5) is 11.5 Å². The molecule has 0 aliphatic carbocycles. The van der Waals surface area contributed by atoms with Crippen molar-refractivity contribution in [2.45, 2.75) is 13.8 Å². The van der Waals surface area contributed by atoms with Crippen LogP contribution in [0.1, 0.15) is 29.9 Å². The summed E-state index contributed by atoms with van der Waals surface area (Å²) in [6.07, 6.45) is 6.82. The standard InChI is InChI=1S/C20H21ClN6OS/c1-5-11(2)18(10-23-3)27-20(22)13(9-24-27)19(28)17-7-12-6-16(26-29-4)14(21)8-15(12)25-17/h5-10,25-26H,3,22H2,1-2,4H3/b11-5-,18-10+. The number of benzene rings is 1. The van der Waals surface area contributed by atoms with Crippen LogP contribution in [0.25, 0.3) is 16.6 Å². The molecule has 0 unspecified atom stereocenters. The van der Waals surface area contributed by atoms with Gasteiger partial charge in [0.2, 0.25) is 5.78 Å². The Hall–Kier alpha value is -2.97. The molecule has 0 saturated heterocycles. The number of carbonyl (C=O) groups is 1. The van der Waals surface area contributed by atoms with Crippen LogP contribution in [0, 0.1) is 0 Å². The molecule has 29 heavy (non-hydrogen) atoms. The normalized spacial score (nSPS) is 12.4. The van der Waals surface area contributed by atoms with Gasteiger partial charge in [0.1, 0.15) is 5.82 Å². The molecule has 2 aromatic heterocycles. The summed E-state index contributed by atoms with van der Waals surface area (Å²) < 4.78 is 4.60. The molecule has 0 fully saturated rings. The first kappa shape index (κ1) is 20.8. The molecule has 0 spiro atoms. The molecule has 150 valence electrons. The van der Waals surface area contributed by atoms with Crippen molar-refractivity contribution in [2.24, 2.45) is 4.99 Å². The molecular weight excluding hydrogens is 408 g/mol. The smallest absolute Gasteiger partial charge is 0.214 e. The predicted molar refractivity (Wildman–Crippen MR) is 124 cm³/mol. The molecule has 0 aliphatic rings. The van der Waals surface area contributed by atoms with Crippen LogP contribution < -0.4 is 10.5 Å². The summed E-state index contributed by atoms with van der Waals surface area (Å²) in [5, 5.41) is 5.71. The van der Waals surface area contributed by atoms with Crippen molar-refractivity contribution in [1.29, 1.82) is 0 Å². The summed E-state index contributed by atoms with van der Waals surface area (Å²) in [6, 6.07) is 5.45. The first-order valence-corrected chi connectivity index (χ1v) is 10.3. The molecule has 4 N–H and O–H groups in total. The van der Waals surface area contributed by atoms with Gasteiger partial charge in [-0.25, -0.2) is 4.68 Å². The molecule has 2 heterocycles. The number of aliphatic imine (C=N–C) groups is 1. The Bertz CT molecular complexity index is 1160. The highest BCUT2D eigenvalue weighted by molar-refractivity contribution is 7.99. The number of aromatic nitrogens is 3. The molecular formula is C20H21ClN6OS. The van der Waals surface area contributed by atoms with E-state index in [9.17, 15) is 4.79 Å². The summed E-state index contributed by atoms with van der Waals surface area (Å²) in [5.74, 6) is -0.0305. The van der Waals surface area contributed by atoms with E-state index in [1.807, 2.05) is 32.2 Å². The molecule has 0 aliphatic heterocycles. The van der Waals surface area contributed by atoms with Crippen molar-refractivity contribution >= 4 is 64.2 Å². The van der Waals surface area contributed by atoms with E-state index in [-0.39, 0.29) is 11.6 Å². The van der Waals surface area contributed by atoms with Gasteiger partial charge in [0.05, 0.1) is 40.1 Å². The highest BCUT2D eigenvalue weighted by Crippen LogP contribution is 2.31. The lowest BCUT2D eigenvalue weighted by atomic mass is 10.1. The van der Waals surface area contributed by atoms with E-state index in [0.29, 0.717) is 22.0 Å². The summed E-state index contributed by atoms with van der Waals surface area (Å²) in [6.45, 7) is 7.29. The van der Waals surface area contributed by atoms with Crippen LogP contribution in [-0.4, -0.2) is 33.5 Å². The summed E-state index contributed by atoms with van der Waals surface area (Å²) in [4.78, 5) is 20.0. The molecule has 0 amide bonds. The van der Waals surface area contributed by atoms with Gasteiger partial charge in [-0.05, 0) is 44.3 Å². The van der Waals surface area contributed by atoms with E-state index < -0.39 is 0 Å². The fourth-order valence-electron chi connectivity index (χ4n) is 2.89. The molecule has 0 radical (unpaired) electrons. The number of H-pyrrole nitrogens is 1. The van der Waals surface area contributed by atoms with Gasteiger partial charge in [-0.1, -0.05) is 29.6 Å². The maximum absolute atomic E-state index is 13.1. The third-order valence-electron chi connectivity index (χ3n) is 4.49. The fraction of sp³-hybridized carbons (Fsp3) is 0.150. The molecule has 3 rings (SSSR count). The number of nitrogens with zero attached hydrogens (tertiary/aromatic N) is 3. The molecule has 0 saturated carbocycles. The second kappa shape index (κ2) is 8.59. The number of hydrogen-bond acceptors (Lipinski definition) is 6. The number of halogens is 1. The largest absolute Gasteiger partial charge is 0.383 e. The van der Waals surface area contributed by atoms with Crippen molar-refractivity contribution < 1.29 is 4.79 Å². The predicted octanol–water partition coefficient (Wildman–Crippen LogP) is 4.99. The van der Waals surface area contributed by atoms with Crippen molar-refractivity contribution in [2.75, 3.05) is 16.7 Å². The number of aromatic amines is 1. The van der Waals surface area contributed by atoms with Gasteiger partial charge < -0.3 is 15.4 Å². The van der Waals surface area contributed by atoms with Crippen LogP contribution >= 0.6 is 23.5 Å². The molecule has 0 bridgehead atoms. The van der Waals surface area contributed by atoms with Crippen LogP contribution in [0.2, 0.25) is 5.02 Å². The Morgan fingerprint density at radius 2 is 2.21 bits per heavy atom. The summed E-state index contributed by atoms with van der Waals surface area (Å²) >= 11 is 7.73. The van der Waals surface area contributed by atoms with E-state index in [4.69, 9.17) is 17.3 Å². The molecule has 0 atom stereocenters. The van der Waals surface area contributed by atoms with Crippen molar-refractivity contribution in [3.63, 3.8) is 0 Å². The zero-order chi connectivity index (χ0) is 21.1. The number of rotatable bonds is 7. The topological polar surface area (TPSA) is 101 Å². The van der Waals surface area contributed by atoms with Crippen molar-refractivity contribution in [3.8, 4) is 0 Å². The van der Waals surface area contributed by atoms with Crippen LogP contribution in [0.3, 0.4) is 0 Å². The minimum Gasteiger partial charge on any atom is -0.383 e. The Labute approximate surface area is 177 Å². The average molecular weight is 429 g/mol. The zero-order valence-electron chi connectivity index (χ0n) is 16.3. The minimum atomic E-state index is -0.260. The summed E-state index contributed by atoms with van der Waals surface area (Å²) in [5.41, 5.74) is 10.0. The third kappa shape index (κ3) is 3.94. The number of anilines is 2. The van der Waals surface area contributed by atoms with Gasteiger partial charge in [-0.2, -0.15) is 5.10 Å². The van der Waals surface area contributed by atoms with Gasteiger partial charge in [0, 0.05) is 17.2 Å². The lowest BCUT2D eigenvalue weighted by molar-refractivity contribution is 0.103. The van der Waals surface area contributed by atoms with E-state index in [1.165, 1.54) is 22.8 Å². The maximum Gasteiger partial charge on any atom is 0.214 e. The van der Waals surface area contributed by atoms with Crippen LogP contribution in [-0.2, 0) is 0 Å². The van der Waals surface area contributed by atoms with Gasteiger partial charge in [0.15, 0.2) is 0 Å². The second-order valence-corrected chi connectivity index (χ2v) is 7.28. The van der Waals surface area contributed by atoms with Crippen molar-refractivity contribution in [1.82, 2.24) is 14.8 Å². The van der Waals surface area contributed by atoms with Crippen LogP contribution in [0.5, 0.6) is 0 Å². The highest BCUT2D eigenvalue weighted by atomic mass is 35.5. The number of nitrogens with two attached hydrogens (primary N) is 1. The van der Waals surface area contributed by atoms with Gasteiger partial charge >= 0.3 is 0 Å². The van der Waals surface area contributed by atoms with E-state index in [2.05, 4.69) is 26.5 Å². The van der Waals surface area contributed by atoms with Gasteiger partial charge in [-0.3, -0.25) is 9.79 Å². The lowest BCUT2D eigenvalue weighted by Crippen LogP contribution is -2.09. The SMILES string of the molecule is C=N/C=C(\C(C)=C/C)n1ncc(C(=O)c2cc3cc(NSC)c(Cl)cc3[nH]2)c1N. The average Bonchev–Trinajstić information content (AvgIpc) is 3.28. The monoisotopic (exact) mass is 428 g/mol. The molecule has 7 nitrogen and oxygen atoms in total. The van der Waals surface area contributed by atoms with Gasteiger partial charge in [-0.15, -0.1) is 0 Å². The Morgan fingerprint density at radius 3 is 2.86 bits per heavy atom. The van der Waals surface area contributed by atoms with E-state index in [0.717, 1.165) is 22.2 Å². The molecule has 9 heteroatoms. The Kier molecular flexibility index (Phi) is 6.14. The second-order valence-electron chi connectivity index (χ2n) is 6.26. The third-order valence-corrected chi connectivity index (χ3v) is 5.23. The number of carbonyl (C=O) groups excluding carboxylic acids is 1. The molecule has 3 aromatic rings.